The third kappa shape index (κ3) is 3.70. The fraction of sp³-hybridized carbons (Fsp3) is 0.389. The van der Waals surface area contributed by atoms with E-state index in [1.165, 1.54) is 0 Å². The van der Waals surface area contributed by atoms with Crippen LogP contribution in [0.3, 0.4) is 0 Å². The minimum absolute atomic E-state index is 0.0360. The van der Waals surface area contributed by atoms with Crippen molar-refractivity contribution in [1.82, 2.24) is 4.90 Å². The van der Waals surface area contributed by atoms with Crippen molar-refractivity contribution in [3.05, 3.63) is 48.4 Å². The number of nitrogens with one attached hydrogen (secondary N) is 1. The number of piperidine rings is 1. The molecule has 24 heavy (non-hydrogen) atoms. The zero-order valence-electron chi connectivity index (χ0n) is 13.9. The third-order valence-corrected chi connectivity index (χ3v) is 5.37. The van der Waals surface area contributed by atoms with E-state index < -0.39 is 10.8 Å². The summed E-state index contributed by atoms with van der Waals surface area (Å²) in [6, 6.07) is 10.7. The van der Waals surface area contributed by atoms with Crippen LogP contribution in [0.1, 0.15) is 31.6 Å². The highest BCUT2D eigenvalue weighted by molar-refractivity contribution is 7.84. The first-order chi connectivity index (χ1) is 11.5. The van der Waals surface area contributed by atoms with Gasteiger partial charge in [-0.05, 0) is 55.2 Å². The topological polar surface area (TPSA) is 62.6 Å². The number of anilines is 1. The van der Waals surface area contributed by atoms with Gasteiger partial charge in [-0.25, -0.2) is 4.79 Å². The van der Waals surface area contributed by atoms with Crippen LogP contribution >= 0.6 is 0 Å². The first-order valence-electron chi connectivity index (χ1n) is 8.09. The highest BCUT2D eigenvalue weighted by Crippen LogP contribution is 2.34. The van der Waals surface area contributed by atoms with E-state index in [9.17, 15) is 9.00 Å². The lowest BCUT2D eigenvalue weighted by atomic mass is 9.91. The highest BCUT2D eigenvalue weighted by Gasteiger charge is 2.32. The Balaban J connectivity index is 1.73. The van der Waals surface area contributed by atoms with Gasteiger partial charge in [-0.2, -0.15) is 0 Å². The van der Waals surface area contributed by atoms with Crippen molar-refractivity contribution in [2.45, 2.75) is 30.7 Å². The Morgan fingerprint density at radius 1 is 1.29 bits per heavy atom. The maximum absolute atomic E-state index is 12.7. The van der Waals surface area contributed by atoms with Gasteiger partial charge in [0.05, 0.1) is 12.3 Å². The van der Waals surface area contributed by atoms with Crippen LogP contribution in [-0.4, -0.2) is 27.9 Å². The number of hydrogen-bond acceptors (Lipinski definition) is 3. The summed E-state index contributed by atoms with van der Waals surface area (Å²) in [7, 11) is -1.02. The average Bonchev–Trinajstić information content (AvgIpc) is 3.09. The minimum atomic E-state index is -1.02. The Hall–Kier alpha value is -2.08. The first-order valence-corrected chi connectivity index (χ1v) is 9.65. The fourth-order valence-electron chi connectivity index (χ4n) is 3.06. The molecular weight excluding hydrogens is 324 g/mol. The number of benzene rings is 1. The van der Waals surface area contributed by atoms with Crippen LogP contribution < -0.4 is 5.32 Å². The van der Waals surface area contributed by atoms with Gasteiger partial charge in [-0.15, -0.1) is 0 Å². The summed E-state index contributed by atoms with van der Waals surface area (Å²) in [6.07, 6.45) is 5.16. The minimum Gasteiger partial charge on any atom is -0.467 e. The van der Waals surface area contributed by atoms with E-state index in [0.717, 1.165) is 23.5 Å². The second-order valence-corrected chi connectivity index (χ2v) is 7.64. The second kappa shape index (κ2) is 7.21. The molecule has 3 atom stereocenters. The quantitative estimate of drug-likeness (QED) is 0.913. The standard InChI is InChI=1S/C18H22N2O3S/c1-13-9-10-20(16(12-13)17-4-3-11-23-17)18(21)19-14-5-7-15(8-6-14)24(2)22/h3-8,11,13,16H,9-10,12H2,1-2H3,(H,19,21)/t13-,16+,24+/m1/s1. The predicted octanol–water partition coefficient (Wildman–Crippen LogP) is 4.02. The Kier molecular flexibility index (Phi) is 5.04. The monoisotopic (exact) mass is 346 g/mol. The number of hydrogen-bond donors (Lipinski definition) is 1. The molecule has 1 aliphatic rings. The van der Waals surface area contributed by atoms with Crippen LogP contribution in [0.2, 0.25) is 0 Å². The van der Waals surface area contributed by atoms with E-state index in [1.54, 1.807) is 36.8 Å². The van der Waals surface area contributed by atoms with Crippen LogP contribution in [0.5, 0.6) is 0 Å². The molecule has 0 unspecified atom stereocenters. The molecule has 0 radical (unpaired) electrons. The van der Waals surface area contributed by atoms with Crippen molar-refractivity contribution in [2.75, 3.05) is 18.1 Å². The van der Waals surface area contributed by atoms with Crippen molar-refractivity contribution in [1.29, 1.82) is 0 Å². The van der Waals surface area contributed by atoms with Gasteiger partial charge in [0.2, 0.25) is 0 Å². The predicted molar refractivity (Wildman–Crippen MR) is 94.3 cm³/mol. The Morgan fingerprint density at radius 2 is 2.04 bits per heavy atom. The van der Waals surface area contributed by atoms with Gasteiger partial charge >= 0.3 is 6.03 Å². The van der Waals surface area contributed by atoms with E-state index in [0.29, 0.717) is 18.2 Å². The van der Waals surface area contributed by atoms with Crippen LogP contribution in [0.4, 0.5) is 10.5 Å². The molecule has 6 heteroatoms. The molecule has 1 N–H and O–H groups in total. The van der Waals surface area contributed by atoms with Crippen LogP contribution in [0, 0.1) is 5.92 Å². The molecule has 1 fully saturated rings. The average molecular weight is 346 g/mol. The fourth-order valence-corrected chi connectivity index (χ4v) is 3.58. The number of carbonyl (C=O) groups is 1. The molecule has 1 aliphatic heterocycles. The lowest BCUT2D eigenvalue weighted by molar-refractivity contribution is 0.129. The number of amides is 2. The van der Waals surface area contributed by atoms with Crippen LogP contribution in [-0.2, 0) is 10.8 Å². The van der Waals surface area contributed by atoms with Crippen LogP contribution in [0.15, 0.2) is 52.0 Å². The summed E-state index contributed by atoms with van der Waals surface area (Å²) in [4.78, 5) is 15.3. The van der Waals surface area contributed by atoms with E-state index in [1.807, 2.05) is 17.0 Å². The maximum atomic E-state index is 12.7. The number of urea groups is 1. The van der Waals surface area contributed by atoms with Crippen molar-refractivity contribution in [3.8, 4) is 0 Å². The molecule has 2 amide bonds. The SMILES string of the molecule is C[C@@H]1CCN(C(=O)Nc2ccc([S@](C)=O)cc2)[C@H](c2ccco2)C1. The molecule has 0 spiro atoms. The zero-order valence-corrected chi connectivity index (χ0v) is 14.7. The summed E-state index contributed by atoms with van der Waals surface area (Å²) >= 11 is 0. The van der Waals surface area contributed by atoms with Gasteiger partial charge < -0.3 is 14.6 Å². The molecule has 2 aromatic rings. The smallest absolute Gasteiger partial charge is 0.322 e. The maximum Gasteiger partial charge on any atom is 0.322 e. The number of likely N-dealkylation sites (tertiary alicyclic amines) is 1. The van der Waals surface area contributed by atoms with Crippen molar-refractivity contribution in [2.24, 2.45) is 5.92 Å². The lowest BCUT2D eigenvalue weighted by Crippen LogP contribution is -2.42. The Morgan fingerprint density at radius 3 is 2.67 bits per heavy atom. The molecule has 3 rings (SSSR count). The summed E-state index contributed by atoms with van der Waals surface area (Å²) in [6.45, 7) is 2.91. The van der Waals surface area contributed by atoms with Gasteiger partial charge in [0.15, 0.2) is 0 Å². The summed E-state index contributed by atoms with van der Waals surface area (Å²) < 4.78 is 17.0. The Labute approximate surface area is 144 Å². The molecule has 1 saturated heterocycles. The van der Waals surface area contributed by atoms with Gasteiger partial charge in [0.1, 0.15) is 5.76 Å². The van der Waals surface area contributed by atoms with E-state index in [4.69, 9.17) is 4.42 Å². The molecule has 1 aromatic heterocycles. The number of nitrogens with zero attached hydrogens (tertiary/aromatic N) is 1. The van der Waals surface area contributed by atoms with Crippen molar-refractivity contribution >= 4 is 22.5 Å². The van der Waals surface area contributed by atoms with E-state index >= 15 is 0 Å². The van der Waals surface area contributed by atoms with Gasteiger partial charge in [0, 0.05) is 34.2 Å². The van der Waals surface area contributed by atoms with Gasteiger partial charge in [0.25, 0.3) is 0 Å². The molecule has 2 heterocycles. The third-order valence-electron chi connectivity index (χ3n) is 4.43. The normalized spacial score (nSPS) is 22.2. The summed E-state index contributed by atoms with van der Waals surface area (Å²) in [5.74, 6) is 1.39. The highest BCUT2D eigenvalue weighted by atomic mass is 32.2. The molecule has 0 aliphatic carbocycles. The first kappa shape index (κ1) is 16.8. The zero-order chi connectivity index (χ0) is 17.1. The lowest BCUT2D eigenvalue weighted by Gasteiger charge is -2.37. The number of carbonyl (C=O) groups excluding carboxylic acids is 1. The molecule has 1 aromatic carbocycles. The number of furan rings is 1. The number of rotatable bonds is 3. The molecular formula is C18H22N2O3S. The molecule has 0 bridgehead atoms. The van der Waals surface area contributed by atoms with Crippen molar-refractivity contribution < 1.29 is 13.4 Å². The summed E-state index contributed by atoms with van der Waals surface area (Å²) in [5, 5.41) is 2.93. The largest absolute Gasteiger partial charge is 0.467 e. The molecule has 128 valence electrons. The molecule has 0 saturated carbocycles. The Bertz CT molecular complexity index is 712. The second-order valence-electron chi connectivity index (χ2n) is 6.26. The van der Waals surface area contributed by atoms with Gasteiger partial charge in [-0.3, -0.25) is 4.21 Å². The van der Waals surface area contributed by atoms with Crippen LogP contribution in [0.25, 0.3) is 0 Å². The van der Waals surface area contributed by atoms with E-state index in [-0.39, 0.29) is 12.1 Å². The van der Waals surface area contributed by atoms with E-state index in [2.05, 4.69) is 12.2 Å². The molecule has 5 nitrogen and oxygen atoms in total. The summed E-state index contributed by atoms with van der Waals surface area (Å²) in [5.41, 5.74) is 0.700. The van der Waals surface area contributed by atoms with Gasteiger partial charge in [-0.1, -0.05) is 6.92 Å². The van der Waals surface area contributed by atoms with Crippen molar-refractivity contribution in [3.63, 3.8) is 0 Å².